The number of aliphatic hydroxyl groups is 1. The van der Waals surface area contributed by atoms with Crippen LogP contribution in [0.15, 0.2) is 6.33 Å². The molecule has 104 valence electrons. The molecule has 1 unspecified atom stereocenters. The third-order valence-corrected chi connectivity index (χ3v) is 2.99. The van der Waals surface area contributed by atoms with E-state index in [9.17, 15) is 15.2 Å². The number of nitrogens with one attached hydrogen (secondary N) is 1. The van der Waals surface area contributed by atoms with Crippen molar-refractivity contribution in [3.05, 3.63) is 16.4 Å². The van der Waals surface area contributed by atoms with Crippen molar-refractivity contribution < 1.29 is 10.0 Å². The Labute approximate surface area is 110 Å². The average molecular weight is 267 g/mol. The average Bonchev–Trinajstić information content (AvgIpc) is 2.82. The van der Waals surface area contributed by atoms with Crippen molar-refractivity contribution in [2.24, 2.45) is 0 Å². The number of rotatable bonds is 5. The van der Waals surface area contributed by atoms with Crippen LogP contribution in [0.3, 0.4) is 0 Å². The molecule has 1 aliphatic rings. The normalized spacial score (nSPS) is 18.6. The lowest BCUT2D eigenvalue weighted by Gasteiger charge is -2.17. The highest BCUT2D eigenvalue weighted by atomic mass is 16.6. The van der Waals surface area contributed by atoms with Gasteiger partial charge in [0.05, 0.1) is 11.0 Å². The number of nitro groups is 1. The fourth-order valence-electron chi connectivity index (χ4n) is 2.08. The van der Waals surface area contributed by atoms with E-state index >= 15 is 0 Å². The van der Waals surface area contributed by atoms with Crippen molar-refractivity contribution in [1.29, 1.82) is 0 Å². The molecule has 8 heteroatoms. The standard InChI is InChI=1S/C11H17N5O3/c1-2-4-12-10-9(16(18)19)11(14-7-13-10)15-5-3-8(17)6-15/h7-8,17H,2-6H2,1H3,(H,12,13,14). The summed E-state index contributed by atoms with van der Waals surface area (Å²) in [5.41, 5.74) is -0.120. The van der Waals surface area contributed by atoms with Gasteiger partial charge < -0.3 is 15.3 Å². The predicted octanol–water partition coefficient (Wildman–Crippen LogP) is 0.778. The molecule has 1 atom stereocenters. The summed E-state index contributed by atoms with van der Waals surface area (Å²) in [5.74, 6) is 0.508. The van der Waals surface area contributed by atoms with E-state index in [1.54, 1.807) is 4.90 Å². The molecule has 1 saturated heterocycles. The minimum absolute atomic E-state index is 0.120. The first-order chi connectivity index (χ1) is 9.13. The quantitative estimate of drug-likeness (QED) is 0.600. The lowest BCUT2D eigenvalue weighted by molar-refractivity contribution is -0.383. The largest absolute Gasteiger partial charge is 0.391 e. The molecule has 0 spiro atoms. The zero-order chi connectivity index (χ0) is 13.8. The minimum atomic E-state index is -0.474. The fraction of sp³-hybridized carbons (Fsp3) is 0.636. The van der Waals surface area contributed by atoms with Crippen LogP contribution in [0.2, 0.25) is 0 Å². The number of nitrogens with zero attached hydrogens (tertiary/aromatic N) is 4. The molecular weight excluding hydrogens is 250 g/mol. The lowest BCUT2D eigenvalue weighted by atomic mass is 10.3. The second kappa shape index (κ2) is 5.79. The van der Waals surface area contributed by atoms with Gasteiger partial charge in [-0.15, -0.1) is 0 Å². The molecule has 1 aromatic rings. The number of aromatic nitrogens is 2. The van der Waals surface area contributed by atoms with Crippen LogP contribution in [-0.2, 0) is 0 Å². The van der Waals surface area contributed by atoms with Gasteiger partial charge in [0.25, 0.3) is 0 Å². The summed E-state index contributed by atoms with van der Waals surface area (Å²) >= 11 is 0. The Balaban J connectivity index is 2.34. The van der Waals surface area contributed by atoms with E-state index in [0.29, 0.717) is 26.1 Å². The van der Waals surface area contributed by atoms with Gasteiger partial charge in [-0.05, 0) is 12.8 Å². The molecule has 0 aromatic carbocycles. The topological polar surface area (TPSA) is 104 Å². The SMILES string of the molecule is CCCNc1ncnc(N2CCC(O)C2)c1[N+](=O)[O-]. The zero-order valence-corrected chi connectivity index (χ0v) is 10.7. The third-order valence-electron chi connectivity index (χ3n) is 2.99. The number of hydrogen-bond acceptors (Lipinski definition) is 7. The van der Waals surface area contributed by atoms with Gasteiger partial charge in [-0.25, -0.2) is 9.97 Å². The summed E-state index contributed by atoms with van der Waals surface area (Å²) in [4.78, 5) is 20.4. The summed E-state index contributed by atoms with van der Waals surface area (Å²) in [6, 6.07) is 0. The summed E-state index contributed by atoms with van der Waals surface area (Å²) < 4.78 is 0. The summed E-state index contributed by atoms with van der Waals surface area (Å²) in [7, 11) is 0. The predicted molar refractivity (Wildman–Crippen MR) is 70.3 cm³/mol. The first kappa shape index (κ1) is 13.5. The van der Waals surface area contributed by atoms with Crippen LogP contribution in [0.4, 0.5) is 17.3 Å². The van der Waals surface area contributed by atoms with Crippen molar-refractivity contribution in [2.75, 3.05) is 29.9 Å². The van der Waals surface area contributed by atoms with E-state index in [1.165, 1.54) is 6.33 Å². The van der Waals surface area contributed by atoms with E-state index in [0.717, 1.165) is 6.42 Å². The Morgan fingerprint density at radius 2 is 2.42 bits per heavy atom. The molecule has 1 aliphatic heterocycles. The second-order valence-corrected chi connectivity index (χ2v) is 4.47. The molecule has 2 rings (SSSR count). The maximum absolute atomic E-state index is 11.2. The van der Waals surface area contributed by atoms with Crippen LogP contribution >= 0.6 is 0 Å². The number of anilines is 2. The van der Waals surface area contributed by atoms with E-state index in [-0.39, 0.29) is 17.3 Å². The molecule has 0 amide bonds. The molecule has 2 heterocycles. The van der Waals surface area contributed by atoms with Gasteiger partial charge >= 0.3 is 5.69 Å². The van der Waals surface area contributed by atoms with Crippen LogP contribution in [0.1, 0.15) is 19.8 Å². The van der Waals surface area contributed by atoms with Crippen molar-refractivity contribution >= 4 is 17.3 Å². The molecule has 8 nitrogen and oxygen atoms in total. The van der Waals surface area contributed by atoms with Gasteiger partial charge in [0, 0.05) is 19.6 Å². The fourth-order valence-corrected chi connectivity index (χ4v) is 2.08. The highest BCUT2D eigenvalue weighted by Gasteiger charge is 2.30. The minimum Gasteiger partial charge on any atom is -0.391 e. The van der Waals surface area contributed by atoms with Crippen LogP contribution in [-0.4, -0.2) is 45.7 Å². The summed E-state index contributed by atoms with van der Waals surface area (Å²) in [6.45, 7) is 3.51. The Morgan fingerprint density at radius 3 is 3.00 bits per heavy atom. The summed E-state index contributed by atoms with van der Waals surface area (Å²) in [6.07, 6.45) is 2.30. The van der Waals surface area contributed by atoms with Gasteiger partial charge in [-0.1, -0.05) is 6.92 Å². The Hall–Kier alpha value is -1.96. The van der Waals surface area contributed by atoms with Gasteiger partial charge in [0.15, 0.2) is 0 Å². The number of aliphatic hydroxyl groups excluding tert-OH is 1. The second-order valence-electron chi connectivity index (χ2n) is 4.47. The van der Waals surface area contributed by atoms with E-state index in [2.05, 4.69) is 15.3 Å². The van der Waals surface area contributed by atoms with Crippen LogP contribution in [0.25, 0.3) is 0 Å². The Bertz CT molecular complexity index is 468. The Morgan fingerprint density at radius 1 is 1.63 bits per heavy atom. The maximum Gasteiger partial charge on any atom is 0.353 e. The van der Waals surface area contributed by atoms with Crippen molar-refractivity contribution in [2.45, 2.75) is 25.9 Å². The first-order valence-corrected chi connectivity index (χ1v) is 6.29. The number of β-amino-alcohol motifs (C(OH)–C–C–N with tert-alkyl or cyclic N) is 1. The molecule has 0 radical (unpaired) electrons. The Kier molecular flexibility index (Phi) is 4.10. The third kappa shape index (κ3) is 2.90. The molecule has 1 fully saturated rings. The van der Waals surface area contributed by atoms with Gasteiger partial charge in [0.2, 0.25) is 11.6 Å². The van der Waals surface area contributed by atoms with Crippen LogP contribution in [0.5, 0.6) is 0 Å². The van der Waals surface area contributed by atoms with E-state index in [4.69, 9.17) is 0 Å². The lowest BCUT2D eigenvalue weighted by Crippen LogP contribution is -2.24. The van der Waals surface area contributed by atoms with E-state index < -0.39 is 11.0 Å². The maximum atomic E-state index is 11.2. The molecule has 0 aliphatic carbocycles. The molecule has 1 aromatic heterocycles. The highest BCUT2D eigenvalue weighted by molar-refractivity contribution is 5.70. The van der Waals surface area contributed by atoms with Crippen LogP contribution in [0, 0.1) is 10.1 Å². The van der Waals surface area contributed by atoms with Crippen LogP contribution < -0.4 is 10.2 Å². The van der Waals surface area contributed by atoms with Crippen molar-refractivity contribution in [3.8, 4) is 0 Å². The van der Waals surface area contributed by atoms with E-state index in [1.807, 2.05) is 6.92 Å². The first-order valence-electron chi connectivity index (χ1n) is 6.29. The zero-order valence-electron chi connectivity index (χ0n) is 10.7. The molecule has 0 saturated carbocycles. The monoisotopic (exact) mass is 267 g/mol. The van der Waals surface area contributed by atoms with Crippen molar-refractivity contribution in [3.63, 3.8) is 0 Å². The highest BCUT2D eigenvalue weighted by Crippen LogP contribution is 2.33. The molecule has 0 bridgehead atoms. The van der Waals surface area contributed by atoms with Gasteiger partial charge in [0.1, 0.15) is 6.33 Å². The number of hydrogen-bond donors (Lipinski definition) is 2. The smallest absolute Gasteiger partial charge is 0.353 e. The molecule has 2 N–H and O–H groups in total. The summed E-state index contributed by atoms with van der Waals surface area (Å²) in [5, 5.41) is 23.7. The van der Waals surface area contributed by atoms with Gasteiger partial charge in [-0.2, -0.15) is 0 Å². The molecular formula is C11H17N5O3. The van der Waals surface area contributed by atoms with Gasteiger partial charge in [-0.3, -0.25) is 10.1 Å². The van der Waals surface area contributed by atoms with Crippen molar-refractivity contribution in [1.82, 2.24) is 9.97 Å². The molecule has 19 heavy (non-hydrogen) atoms.